The number of aryl methyl sites for hydroxylation is 1. The van der Waals surface area contributed by atoms with Gasteiger partial charge in [-0.2, -0.15) is 0 Å². The zero-order valence-corrected chi connectivity index (χ0v) is 14.8. The van der Waals surface area contributed by atoms with Gasteiger partial charge in [0.25, 0.3) is 0 Å². The first-order valence-electron chi connectivity index (χ1n) is 8.10. The topological polar surface area (TPSA) is 106 Å². The molecule has 0 unspecified atom stereocenters. The van der Waals surface area contributed by atoms with Crippen LogP contribution in [0, 0.1) is 6.92 Å². The number of nitrogens with one attached hydrogen (secondary N) is 1. The van der Waals surface area contributed by atoms with Crippen molar-refractivity contribution in [3.8, 4) is 5.75 Å². The van der Waals surface area contributed by atoms with E-state index < -0.39 is 24.0 Å². The quantitative estimate of drug-likeness (QED) is 0.553. The summed E-state index contributed by atoms with van der Waals surface area (Å²) in [6.07, 6.45) is 0.174. The third kappa shape index (κ3) is 4.95. The zero-order valence-electron chi connectivity index (χ0n) is 14.8. The van der Waals surface area contributed by atoms with Crippen molar-refractivity contribution in [2.75, 3.05) is 13.2 Å². The van der Waals surface area contributed by atoms with Gasteiger partial charge in [0.2, 0.25) is 5.91 Å². The number of rotatable bonds is 8. The molecule has 2 aromatic rings. The van der Waals surface area contributed by atoms with Crippen LogP contribution in [0.1, 0.15) is 24.5 Å². The van der Waals surface area contributed by atoms with E-state index in [4.69, 9.17) is 14.3 Å². The van der Waals surface area contributed by atoms with Crippen LogP contribution in [0.3, 0.4) is 0 Å². The highest BCUT2D eigenvalue weighted by atomic mass is 16.5. The van der Waals surface area contributed by atoms with E-state index in [0.717, 1.165) is 16.5 Å². The van der Waals surface area contributed by atoms with Gasteiger partial charge in [0.1, 0.15) is 24.5 Å². The number of amides is 1. The SMILES string of the molecule is C=C(C)COc1ccc2c(C)c(CCC(=O)NCC(=O)O)c(=O)oc2c1. The Labute approximate surface area is 150 Å². The van der Waals surface area contributed by atoms with Gasteiger partial charge < -0.3 is 19.6 Å². The molecule has 2 rings (SSSR count). The van der Waals surface area contributed by atoms with Crippen LogP contribution in [0.5, 0.6) is 5.75 Å². The Morgan fingerprint density at radius 1 is 1.35 bits per heavy atom. The summed E-state index contributed by atoms with van der Waals surface area (Å²) in [5.41, 5.74) is 1.90. The van der Waals surface area contributed by atoms with Crippen LogP contribution in [0.2, 0.25) is 0 Å². The molecule has 0 saturated carbocycles. The highest BCUT2D eigenvalue weighted by molar-refractivity contribution is 5.83. The van der Waals surface area contributed by atoms with Crippen LogP contribution in [-0.2, 0) is 16.0 Å². The monoisotopic (exact) mass is 359 g/mol. The molecule has 7 nitrogen and oxygen atoms in total. The highest BCUT2D eigenvalue weighted by Crippen LogP contribution is 2.24. The molecule has 1 amide bonds. The van der Waals surface area contributed by atoms with E-state index in [-0.39, 0.29) is 12.8 Å². The van der Waals surface area contributed by atoms with Crippen LogP contribution in [0.15, 0.2) is 39.6 Å². The molecule has 7 heteroatoms. The molecule has 0 aliphatic heterocycles. The average molecular weight is 359 g/mol. The van der Waals surface area contributed by atoms with Crippen molar-refractivity contribution in [3.05, 3.63) is 51.9 Å². The normalized spacial score (nSPS) is 10.5. The summed E-state index contributed by atoms with van der Waals surface area (Å²) >= 11 is 0. The van der Waals surface area contributed by atoms with E-state index in [1.165, 1.54) is 0 Å². The summed E-state index contributed by atoms with van der Waals surface area (Å²) in [5, 5.41) is 11.6. The summed E-state index contributed by atoms with van der Waals surface area (Å²) in [6.45, 7) is 7.33. The fourth-order valence-corrected chi connectivity index (χ4v) is 2.46. The molecule has 0 radical (unpaired) electrons. The summed E-state index contributed by atoms with van der Waals surface area (Å²) in [5.74, 6) is -0.983. The molecule has 0 aliphatic rings. The van der Waals surface area contributed by atoms with Gasteiger partial charge in [-0.25, -0.2) is 4.79 Å². The fraction of sp³-hybridized carbons (Fsp3) is 0.316. The minimum atomic E-state index is -1.12. The lowest BCUT2D eigenvalue weighted by Crippen LogP contribution is -2.29. The number of carbonyl (C=O) groups is 2. The van der Waals surface area contributed by atoms with Crippen molar-refractivity contribution >= 4 is 22.8 Å². The Balaban J connectivity index is 2.19. The van der Waals surface area contributed by atoms with Gasteiger partial charge in [-0.1, -0.05) is 6.58 Å². The van der Waals surface area contributed by atoms with Gasteiger partial charge in [0.15, 0.2) is 0 Å². The second kappa shape index (κ2) is 8.33. The maximum atomic E-state index is 12.3. The standard InChI is InChI=1S/C19H21NO6/c1-11(2)10-25-13-4-5-14-12(3)15(19(24)26-16(14)8-13)6-7-17(21)20-9-18(22)23/h4-5,8H,1,6-7,9-10H2,2-3H3,(H,20,21)(H,22,23). The molecule has 1 aromatic carbocycles. The highest BCUT2D eigenvalue weighted by Gasteiger charge is 2.14. The predicted octanol–water partition coefficient (Wildman–Crippen LogP) is 2.19. The molecule has 1 aromatic heterocycles. The van der Waals surface area contributed by atoms with Crippen LogP contribution in [0.25, 0.3) is 11.0 Å². The molecule has 0 spiro atoms. The second-order valence-corrected chi connectivity index (χ2v) is 6.07. The van der Waals surface area contributed by atoms with E-state index in [1.54, 1.807) is 25.1 Å². The lowest BCUT2D eigenvalue weighted by molar-refractivity contribution is -0.137. The van der Waals surface area contributed by atoms with E-state index >= 15 is 0 Å². The zero-order chi connectivity index (χ0) is 19.3. The number of carboxylic acids is 1. The number of carboxylic acid groups (broad SMARTS) is 1. The summed E-state index contributed by atoms with van der Waals surface area (Å²) in [6, 6.07) is 5.23. The van der Waals surface area contributed by atoms with Gasteiger partial charge >= 0.3 is 11.6 Å². The van der Waals surface area contributed by atoms with Crippen molar-refractivity contribution in [3.63, 3.8) is 0 Å². The number of aliphatic carboxylic acids is 1. The molecule has 0 aliphatic carbocycles. The van der Waals surface area contributed by atoms with E-state index in [2.05, 4.69) is 11.9 Å². The summed E-state index contributed by atoms with van der Waals surface area (Å²) in [7, 11) is 0. The van der Waals surface area contributed by atoms with E-state index in [0.29, 0.717) is 23.5 Å². The molecular weight excluding hydrogens is 338 g/mol. The molecular formula is C19H21NO6. The lowest BCUT2D eigenvalue weighted by Gasteiger charge is -2.10. The number of hydrogen-bond donors (Lipinski definition) is 2. The first-order chi connectivity index (χ1) is 12.3. The van der Waals surface area contributed by atoms with Gasteiger partial charge in [0, 0.05) is 23.4 Å². The van der Waals surface area contributed by atoms with Crippen molar-refractivity contribution in [2.45, 2.75) is 26.7 Å². The molecule has 26 heavy (non-hydrogen) atoms. The maximum absolute atomic E-state index is 12.3. The average Bonchev–Trinajstić information content (AvgIpc) is 2.57. The van der Waals surface area contributed by atoms with Gasteiger partial charge in [-0.05, 0) is 43.5 Å². The Kier molecular flexibility index (Phi) is 6.16. The molecule has 0 atom stereocenters. The Morgan fingerprint density at radius 3 is 2.73 bits per heavy atom. The smallest absolute Gasteiger partial charge is 0.339 e. The van der Waals surface area contributed by atoms with Crippen LogP contribution < -0.4 is 15.7 Å². The fourth-order valence-electron chi connectivity index (χ4n) is 2.46. The van der Waals surface area contributed by atoms with Crippen molar-refractivity contribution < 1.29 is 23.8 Å². The Morgan fingerprint density at radius 2 is 2.08 bits per heavy atom. The van der Waals surface area contributed by atoms with E-state index in [9.17, 15) is 14.4 Å². The Hall–Kier alpha value is -3.09. The predicted molar refractivity (Wildman–Crippen MR) is 96.5 cm³/mol. The number of carbonyl (C=O) groups excluding carboxylic acids is 1. The van der Waals surface area contributed by atoms with Crippen LogP contribution >= 0.6 is 0 Å². The molecule has 0 bridgehead atoms. The van der Waals surface area contributed by atoms with Crippen molar-refractivity contribution in [1.29, 1.82) is 0 Å². The minimum Gasteiger partial charge on any atom is -0.489 e. The molecule has 0 saturated heterocycles. The number of benzene rings is 1. The second-order valence-electron chi connectivity index (χ2n) is 6.07. The Bertz CT molecular complexity index is 912. The molecule has 138 valence electrons. The molecule has 2 N–H and O–H groups in total. The van der Waals surface area contributed by atoms with E-state index in [1.807, 2.05) is 6.92 Å². The third-order valence-corrected chi connectivity index (χ3v) is 3.78. The summed E-state index contributed by atoms with van der Waals surface area (Å²) in [4.78, 5) is 34.4. The van der Waals surface area contributed by atoms with Crippen molar-refractivity contribution in [2.24, 2.45) is 0 Å². The van der Waals surface area contributed by atoms with Crippen molar-refractivity contribution in [1.82, 2.24) is 5.32 Å². The lowest BCUT2D eigenvalue weighted by atomic mass is 10.0. The first-order valence-corrected chi connectivity index (χ1v) is 8.10. The van der Waals surface area contributed by atoms with Gasteiger partial charge in [0.05, 0.1) is 0 Å². The number of hydrogen-bond acceptors (Lipinski definition) is 5. The number of ether oxygens (including phenoxy) is 1. The molecule has 1 heterocycles. The van der Waals surface area contributed by atoms with Crippen LogP contribution in [-0.4, -0.2) is 30.1 Å². The first kappa shape index (κ1) is 19.2. The minimum absolute atomic E-state index is 0.00416. The molecule has 0 fully saturated rings. The van der Waals surface area contributed by atoms with Gasteiger partial charge in [-0.3, -0.25) is 9.59 Å². The van der Waals surface area contributed by atoms with Crippen LogP contribution in [0.4, 0.5) is 0 Å². The largest absolute Gasteiger partial charge is 0.489 e. The number of fused-ring (bicyclic) bond motifs is 1. The summed E-state index contributed by atoms with van der Waals surface area (Å²) < 4.78 is 10.9. The third-order valence-electron chi connectivity index (χ3n) is 3.78. The van der Waals surface area contributed by atoms with Gasteiger partial charge in [-0.15, -0.1) is 0 Å². The maximum Gasteiger partial charge on any atom is 0.339 e.